The zero-order valence-electron chi connectivity index (χ0n) is 16.2. The molecule has 1 aliphatic rings. The highest BCUT2D eigenvalue weighted by Gasteiger charge is 2.23. The van der Waals surface area contributed by atoms with Crippen LogP contribution in [-0.4, -0.2) is 37.4 Å². The van der Waals surface area contributed by atoms with Gasteiger partial charge in [0.2, 0.25) is 5.91 Å². The summed E-state index contributed by atoms with van der Waals surface area (Å²) in [6, 6.07) is 9.71. The van der Waals surface area contributed by atoms with Crippen molar-refractivity contribution in [3.63, 3.8) is 0 Å². The summed E-state index contributed by atoms with van der Waals surface area (Å²) >= 11 is 0. The molecule has 5 rings (SSSR count). The van der Waals surface area contributed by atoms with Gasteiger partial charge in [0.15, 0.2) is 5.82 Å². The van der Waals surface area contributed by atoms with Crippen LogP contribution in [0.25, 0.3) is 22.6 Å². The number of nitrogens with zero attached hydrogens (tertiary/aromatic N) is 5. The fraction of sp³-hybridized carbons (Fsp3) is 0.190. The Labute approximate surface area is 175 Å². The number of fused-ring (bicyclic) bond motifs is 1. The largest absolute Gasteiger partial charge is 0.346 e. The van der Waals surface area contributed by atoms with Crippen molar-refractivity contribution in [1.29, 1.82) is 0 Å². The Morgan fingerprint density at radius 2 is 2.03 bits per heavy atom. The van der Waals surface area contributed by atoms with Gasteiger partial charge in [0.05, 0.1) is 5.39 Å². The smallest absolute Gasteiger partial charge is 0.280 e. The van der Waals surface area contributed by atoms with Crippen molar-refractivity contribution in [3.8, 4) is 11.5 Å². The number of aromatic nitrogens is 5. The van der Waals surface area contributed by atoms with Crippen LogP contribution in [0.5, 0.6) is 0 Å². The molecule has 5 heterocycles. The van der Waals surface area contributed by atoms with Crippen molar-refractivity contribution >= 4 is 34.3 Å². The number of nitrogens with one attached hydrogen (secondary N) is 2. The standard InChI is InChI=1S/C21H17F2N7O/c22-18(23)14-3-1-4-15(27-14)21-28-19-13(7-9-25-19)20(29-21)26-12-6-8-24-16(11-12)30-10-2-5-17(30)31/h1,3-4,6-9,11,18H,2,5,10H2,(H2,24,25,26,28,29). The van der Waals surface area contributed by atoms with Crippen LogP contribution in [0.2, 0.25) is 0 Å². The minimum absolute atomic E-state index is 0.0481. The van der Waals surface area contributed by atoms with Gasteiger partial charge in [-0.25, -0.2) is 28.7 Å². The van der Waals surface area contributed by atoms with Crippen LogP contribution in [0.1, 0.15) is 25.0 Å². The van der Waals surface area contributed by atoms with Gasteiger partial charge in [0.25, 0.3) is 6.43 Å². The van der Waals surface area contributed by atoms with Crippen molar-refractivity contribution in [2.45, 2.75) is 19.3 Å². The maximum atomic E-state index is 13.1. The van der Waals surface area contributed by atoms with Crippen LogP contribution in [0.15, 0.2) is 48.8 Å². The highest BCUT2D eigenvalue weighted by molar-refractivity contribution is 5.95. The second kappa shape index (κ2) is 7.71. The summed E-state index contributed by atoms with van der Waals surface area (Å²) in [6.45, 7) is 0.640. The molecule has 2 N–H and O–H groups in total. The minimum atomic E-state index is -2.68. The Bertz CT molecular complexity index is 1270. The fourth-order valence-electron chi connectivity index (χ4n) is 3.52. The van der Waals surface area contributed by atoms with Crippen molar-refractivity contribution in [2.75, 3.05) is 16.8 Å². The number of rotatable bonds is 5. The molecule has 8 nitrogen and oxygen atoms in total. The van der Waals surface area contributed by atoms with Gasteiger partial charge >= 0.3 is 0 Å². The summed E-state index contributed by atoms with van der Waals surface area (Å²) in [6.07, 6.45) is 1.98. The van der Waals surface area contributed by atoms with Crippen LogP contribution in [0, 0.1) is 0 Å². The van der Waals surface area contributed by atoms with E-state index in [9.17, 15) is 13.6 Å². The Kier molecular flexibility index (Phi) is 4.73. The third-order valence-corrected chi connectivity index (χ3v) is 5.00. The number of hydrogen-bond acceptors (Lipinski definition) is 6. The molecule has 0 saturated carbocycles. The first-order valence-corrected chi connectivity index (χ1v) is 9.72. The summed E-state index contributed by atoms with van der Waals surface area (Å²) in [4.78, 5) is 34.0. The molecule has 4 aromatic rings. The van der Waals surface area contributed by atoms with Crippen LogP contribution >= 0.6 is 0 Å². The molecule has 0 radical (unpaired) electrons. The van der Waals surface area contributed by atoms with E-state index >= 15 is 0 Å². The first-order chi connectivity index (χ1) is 15.1. The number of hydrogen-bond donors (Lipinski definition) is 2. The lowest BCUT2D eigenvalue weighted by atomic mass is 10.2. The molecule has 0 atom stereocenters. The van der Waals surface area contributed by atoms with E-state index in [-0.39, 0.29) is 23.1 Å². The molecule has 31 heavy (non-hydrogen) atoms. The number of aromatic amines is 1. The molecule has 0 bridgehead atoms. The highest BCUT2D eigenvalue weighted by Crippen LogP contribution is 2.29. The van der Waals surface area contributed by atoms with E-state index in [0.29, 0.717) is 35.9 Å². The number of halogens is 2. The summed E-state index contributed by atoms with van der Waals surface area (Å²) in [5, 5.41) is 3.96. The average Bonchev–Trinajstić information content (AvgIpc) is 3.43. The van der Waals surface area contributed by atoms with Crippen LogP contribution in [0.3, 0.4) is 0 Å². The molecule has 10 heteroatoms. The van der Waals surface area contributed by atoms with Gasteiger partial charge in [0, 0.05) is 37.1 Å². The van der Waals surface area contributed by atoms with Crippen molar-refractivity contribution in [3.05, 3.63) is 54.5 Å². The Balaban J connectivity index is 1.53. The van der Waals surface area contributed by atoms with E-state index in [1.807, 2.05) is 6.07 Å². The monoisotopic (exact) mass is 421 g/mol. The number of amides is 1. The molecule has 1 aliphatic heterocycles. The molecular weight excluding hydrogens is 404 g/mol. The zero-order chi connectivity index (χ0) is 21.4. The predicted molar refractivity (Wildman–Crippen MR) is 111 cm³/mol. The molecule has 156 valence electrons. The number of anilines is 3. The van der Waals surface area contributed by atoms with Gasteiger partial charge in [0.1, 0.15) is 28.7 Å². The maximum absolute atomic E-state index is 13.1. The van der Waals surface area contributed by atoms with Crippen LogP contribution in [0.4, 0.5) is 26.1 Å². The molecule has 4 aromatic heterocycles. The second-order valence-corrected chi connectivity index (χ2v) is 7.06. The molecule has 0 aliphatic carbocycles. The Morgan fingerprint density at radius 1 is 1.13 bits per heavy atom. The Hall–Kier alpha value is -3.95. The SMILES string of the molecule is O=C1CCCN1c1cc(Nc2nc(-c3cccc(C(F)F)n3)nc3[nH]ccc23)ccn1. The third-order valence-electron chi connectivity index (χ3n) is 5.00. The zero-order valence-corrected chi connectivity index (χ0v) is 16.2. The van der Waals surface area contributed by atoms with Gasteiger partial charge in [-0.3, -0.25) is 9.69 Å². The van der Waals surface area contributed by atoms with Gasteiger partial charge in [-0.2, -0.15) is 0 Å². The molecule has 0 aromatic carbocycles. The summed E-state index contributed by atoms with van der Waals surface area (Å²) in [7, 11) is 0. The fourth-order valence-corrected chi connectivity index (χ4v) is 3.52. The van der Waals surface area contributed by atoms with Crippen molar-refractivity contribution in [2.24, 2.45) is 0 Å². The molecule has 1 saturated heterocycles. The second-order valence-electron chi connectivity index (χ2n) is 7.06. The van der Waals surface area contributed by atoms with E-state index < -0.39 is 6.43 Å². The molecule has 1 fully saturated rings. The predicted octanol–water partition coefficient (Wildman–Crippen LogP) is 4.22. The number of pyridine rings is 2. The first kappa shape index (κ1) is 19.0. The summed E-state index contributed by atoms with van der Waals surface area (Å²) in [5.74, 6) is 1.31. The van der Waals surface area contributed by atoms with E-state index in [4.69, 9.17) is 0 Å². The minimum Gasteiger partial charge on any atom is -0.346 e. The van der Waals surface area contributed by atoms with Crippen LogP contribution in [-0.2, 0) is 4.79 Å². The molecule has 0 spiro atoms. The number of carbonyl (C=O) groups is 1. The van der Waals surface area contributed by atoms with Gasteiger partial charge in [-0.15, -0.1) is 0 Å². The lowest BCUT2D eigenvalue weighted by molar-refractivity contribution is -0.117. The number of carbonyl (C=O) groups excluding carboxylic acids is 1. The molecule has 1 amide bonds. The van der Waals surface area contributed by atoms with E-state index in [1.165, 1.54) is 12.1 Å². The van der Waals surface area contributed by atoms with E-state index in [2.05, 4.69) is 30.2 Å². The first-order valence-electron chi connectivity index (χ1n) is 9.72. The normalized spacial score (nSPS) is 14.0. The maximum Gasteiger partial charge on any atom is 0.280 e. The van der Waals surface area contributed by atoms with Gasteiger partial charge in [-0.05, 0) is 30.7 Å². The third kappa shape index (κ3) is 3.67. The quantitative estimate of drug-likeness (QED) is 0.500. The van der Waals surface area contributed by atoms with E-state index in [1.54, 1.807) is 35.5 Å². The average molecular weight is 421 g/mol. The number of H-pyrrole nitrogens is 1. The van der Waals surface area contributed by atoms with Gasteiger partial charge < -0.3 is 10.3 Å². The molecular formula is C21H17F2N7O. The van der Waals surface area contributed by atoms with E-state index in [0.717, 1.165) is 11.8 Å². The van der Waals surface area contributed by atoms with Gasteiger partial charge in [-0.1, -0.05) is 6.07 Å². The highest BCUT2D eigenvalue weighted by atomic mass is 19.3. The lowest BCUT2D eigenvalue weighted by Gasteiger charge is -2.16. The number of alkyl halides is 2. The Morgan fingerprint density at radius 3 is 2.84 bits per heavy atom. The van der Waals surface area contributed by atoms with Crippen LogP contribution < -0.4 is 10.2 Å². The topological polar surface area (TPSA) is 99.7 Å². The summed E-state index contributed by atoms with van der Waals surface area (Å²) < 4.78 is 26.1. The lowest BCUT2D eigenvalue weighted by Crippen LogP contribution is -2.24. The molecule has 0 unspecified atom stereocenters. The summed E-state index contributed by atoms with van der Waals surface area (Å²) in [5.41, 5.74) is 1.14. The van der Waals surface area contributed by atoms with Crippen molar-refractivity contribution < 1.29 is 13.6 Å². The van der Waals surface area contributed by atoms with Crippen molar-refractivity contribution in [1.82, 2.24) is 24.9 Å².